The smallest absolute Gasteiger partial charge is 0.277 e. The highest BCUT2D eigenvalue weighted by atomic mass is 32.2. The standard InChI is InChI=1S/C18H22N2O3S/c1-2-19-14-8-13-18-23-17-12-7-6-11-16(17)20(24(18,21)22)15-9-4-3-5-10-15/h3-7,9-12,18-19H,2,8,13-14H2,1H3. The van der Waals surface area contributed by atoms with Crippen LogP contribution in [0.4, 0.5) is 11.4 Å². The summed E-state index contributed by atoms with van der Waals surface area (Å²) >= 11 is 0. The Balaban J connectivity index is 1.96. The Labute approximate surface area is 143 Å². The van der Waals surface area contributed by atoms with Gasteiger partial charge in [-0.25, -0.2) is 12.7 Å². The van der Waals surface area contributed by atoms with E-state index in [1.54, 1.807) is 18.2 Å². The van der Waals surface area contributed by atoms with Crippen molar-refractivity contribution in [1.29, 1.82) is 0 Å². The third kappa shape index (κ3) is 3.25. The van der Waals surface area contributed by atoms with E-state index in [0.717, 1.165) is 19.5 Å². The van der Waals surface area contributed by atoms with Gasteiger partial charge >= 0.3 is 0 Å². The van der Waals surface area contributed by atoms with Gasteiger partial charge in [-0.1, -0.05) is 37.3 Å². The van der Waals surface area contributed by atoms with Gasteiger partial charge < -0.3 is 10.1 Å². The van der Waals surface area contributed by atoms with Crippen molar-refractivity contribution in [2.24, 2.45) is 0 Å². The van der Waals surface area contributed by atoms with E-state index in [9.17, 15) is 8.42 Å². The summed E-state index contributed by atoms with van der Waals surface area (Å²) in [4.78, 5) is 0. The second kappa shape index (κ2) is 7.23. The van der Waals surface area contributed by atoms with Crippen LogP contribution in [0.3, 0.4) is 0 Å². The van der Waals surface area contributed by atoms with E-state index < -0.39 is 15.5 Å². The molecular formula is C18H22N2O3S. The molecule has 2 aromatic carbocycles. The number of sulfonamides is 1. The van der Waals surface area contributed by atoms with Crippen LogP contribution in [0, 0.1) is 0 Å². The van der Waals surface area contributed by atoms with Crippen LogP contribution in [0.25, 0.3) is 0 Å². The summed E-state index contributed by atoms with van der Waals surface area (Å²) in [7, 11) is -3.63. The topological polar surface area (TPSA) is 58.6 Å². The Morgan fingerprint density at radius 3 is 2.54 bits per heavy atom. The largest absolute Gasteiger partial charge is 0.470 e. The molecule has 1 aliphatic heterocycles. The lowest BCUT2D eigenvalue weighted by molar-refractivity contribution is 0.254. The van der Waals surface area contributed by atoms with Crippen molar-refractivity contribution in [1.82, 2.24) is 5.32 Å². The van der Waals surface area contributed by atoms with E-state index >= 15 is 0 Å². The molecule has 5 nitrogen and oxygen atoms in total. The number of nitrogens with zero attached hydrogens (tertiary/aromatic N) is 1. The Morgan fingerprint density at radius 1 is 1.08 bits per heavy atom. The fourth-order valence-electron chi connectivity index (χ4n) is 2.81. The molecule has 0 saturated carbocycles. The number of benzene rings is 2. The molecule has 2 aromatic rings. The zero-order valence-corrected chi connectivity index (χ0v) is 14.5. The number of para-hydroxylation sites is 3. The normalized spacial score (nSPS) is 18.7. The molecular weight excluding hydrogens is 324 g/mol. The summed E-state index contributed by atoms with van der Waals surface area (Å²) in [6.07, 6.45) is 1.19. The van der Waals surface area contributed by atoms with E-state index in [2.05, 4.69) is 5.32 Å². The highest BCUT2D eigenvalue weighted by molar-refractivity contribution is 7.93. The van der Waals surface area contributed by atoms with Gasteiger partial charge in [-0.15, -0.1) is 0 Å². The molecule has 1 N–H and O–H groups in total. The van der Waals surface area contributed by atoms with Crippen molar-refractivity contribution >= 4 is 21.4 Å². The van der Waals surface area contributed by atoms with Crippen LogP contribution in [-0.4, -0.2) is 26.9 Å². The van der Waals surface area contributed by atoms with E-state index in [0.29, 0.717) is 23.5 Å². The molecule has 128 valence electrons. The molecule has 0 saturated heterocycles. The summed E-state index contributed by atoms with van der Waals surface area (Å²) in [5.74, 6) is 0.602. The minimum absolute atomic E-state index is 0.451. The lowest BCUT2D eigenvalue weighted by Gasteiger charge is -2.35. The quantitative estimate of drug-likeness (QED) is 0.816. The molecule has 0 aromatic heterocycles. The number of ether oxygens (including phenoxy) is 1. The van der Waals surface area contributed by atoms with Gasteiger partial charge in [0.15, 0.2) is 0 Å². The summed E-state index contributed by atoms with van der Waals surface area (Å²) in [6, 6.07) is 16.4. The van der Waals surface area contributed by atoms with Crippen molar-refractivity contribution in [2.45, 2.75) is 25.2 Å². The minimum Gasteiger partial charge on any atom is -0.470 e. The first-order valence-electron chi connectivity index (χ1n) is 8.20. The van der Waals surface area contributed by atoms with Gasteiger partial charge in [-0.05, 0) is 43.8 Å². The number of fused-ring (bicyclic) bond motifs is 1. The molecule has 1 atom stereocenters. The Morgan fingerprint density at radius 2 is 1.79 bits per heavy atom. The van der Waals surface area contributed by atoms with Crippen molar-refractivity contribution < 1.29 is 13.2 Å². The first-order chi connectivity index (χ1) is 11.6. The third-order valence-electron chi connectivity index (χ3n) is 3.96. The molecule has 24 heavy (non-hydrogen) atoms. The lowest BCUT2D eigenvalue weighted by atomic mass is 10.2. The monoisotopic (exact) mass is 346 g/mol. The maximum Gasteiger partial charge on any atom is 0.277 e. The average Bonchev–Trinajstić information content (AvgIpc) is 2.59. The molecule has 0 radical (unpaired) electrons. The summed E-state index contributed by atoms with van der Waals surface area (Å²) in [6.45, 7) is 3.68. The van der Waals surface area contributed by atoms with Gasteiger partial charge in [0.25, 0.3) is 10.0 Å². The highest BCUT2D eigenvalue weighted by Crippen LogP contribution is 2.42. The number of nitrogens with one attached hydrogen (secondary N) is 1. The maximum atomic E-state index is 13.1. The van der Waals surface area contributed by atoms with Crippen LogP contribution in [0.1, 0.15) is 19.8 Å². The second-order valence-corrected chi connectivity index (χ2v) is 7.58. The maximum absolute atomic E-state index is 13.1. The Bertz CT molecular complexity index is 778. The molecule has 3 rings (SSSR count). The molecule has 0 amide bonds. The van der Waals surface area contributed by atoms with Crippen LogP contribution in [0.2, 0.25) is 0 Å². The number of hydrogen-bond acceptors (Lipinski definition) is 4. The predicted octanol–water partition coefficient (Wildman–Crippen LogP) is 3.26. The van der Waals surface area contributed by atoms with E-state index in [1.807, 2.05) is 43.3 Å². The fraction of sp³-hybridized carbons (Fsp3) is 0.333. The van der Waals surface area contributed by atoms with Crippen molar-refractivity contribution in [2.75, 3.05) is 17.4 Å². The molecule has 0 bridgehead atoms. The lowest BCUT2D eigenvalue weighted by Crippen LogP contribution is -2.43. The first kappa shape index (κ1) is 16.8. The van der Waals surface area contributed by atoms with Crippen LogP contribution in [0.15, 0.2) is 54.6 Å². The van der Waals surface area contributed by atoms with E-state index in [-0.39, 0.29) is 0 Å². The fourth-order valence-corrected chi connectivity index (χ4v) is 4.57. The van der Waals surface area contributed by atoms with Crippen LogP contribution in [-0.2, 0) is 10.0 Å². The van der Waals surface area contributed by atoms with Crippen molar-refractivity contribution in [3.8, 4) is 5.75 Å². The molecule has 1 unspecified atom stereocenters. The van der Waals surface area contributed by atoms with Crippen molar-refractivity contribution in [3.05, 3.63) is 54.6 Å². The van der Waals surface area contributed by atoms with Gasteiger partial charge in [0, 0.05) is 6.42 Å². The Kier molecular flexibility index (Phi) is 5.06. The highest BCUT2D eigenvalue weighted by Gasteiger charge is 2.40. The predicted molar refractivity (Wildman–Crippen MR) is 96.1 cm³/mol. The van der Waals surface area contributed by atoms with E-state index in [1.165, 1.54) is 4.31 Å². The molecule has 0 fully saturated rings. The molecule has 0 spiro atoms. The van der Waals surface area contributed by atoms with Gasteiger partial charge in [0.1, 0.15) is 5.75 Å². The SMILES string of the molecule is CCNCCCC1Oc2ccccc2N(c2ccccc2)S1(=O)=O. The van der Waals surface area contributed by atoms with Gasteiger partial charge in [-0.2, -0.15) is 0 Å². The van der Waals surface area contributed by atoms with Crippen LogP contribution < -0.4 is 14.4 Å². The van der Waals surface area contributed by atoms with E-state index in [4.69, 9.17) is 4.74 Å². The summed E-state index contributed by atoms with van der Waals surface area (Å²) in [5, 5.41) is 3.21. The first-order valence-corrected chi connectivity index (χ1v) is 9.70. The summed E-state index contributed by atoms with van der Waals surface area (Å²) < 4.78 is 33.5. The van der Waals surface area contributed by atoms with Gasteiger partial charge in [0.05, 0.1) is 11.4 Å². The molecule has 0 aliphatic carbocycles. The Hall–Kier alpha value is -2.05. The summed E-state index contributed by atoms with van der Waals surface area (Å²) in [5.41, 5.74) is 0.322. The molecule has 1 heterocycles. The van der Waals surface area contributed by atoms with Gasteiger partial charge in [-0.3, -0.25) is 0 Å². The number of rotatable bonds is 6. The molecule has 6 heteroatoms. The average molecular weight is 346 g/mol. The zero-order chi connectivity index (χ0) is 17.0. The van der Waals surface area contributed by atoms with Gasteiger partial charge in [0.2, 0.25) is 5.44 Å². The number of anilines is 2. The molecule has 1 aliphatic rings. The minimum atomic E-state index is -3.63. The van der Waals surface area contributed by atoms with Crippen molar-refractivity contribution in [3.63, 3.8) is 0 Å². The van der Waals surface area contributed by atoms with Crippen LogP contribution in [0.5, 0.6) is 5.75 Å². The second-order valence-electron chi connectivity index (χ2n) is 5.66. The van der Waals surface area contributed by atoms with Crippen LogP contribution >= 0.6 is 0 Å². The zero-order valence-electron chi connectivity index (χ0n) is 13.7. The number of hydrogen-bond donors (Lipinski definition) is 1. The third-order valence-corrected chi connectivity index (χ3v) is 5.88.